The molecule has 1 unspecified atom stereocenters. The molecule has 0 aliphatic heterocycles. The summed E-state index contributed by atoms with van der Waals surface area (Å²) in [6.07, 6.45) is 0.634. The van der Waals surface area contributed by atoms with Crippen LogP contribution in [0.5, 0.6) is 0 Å². The fraction of sp³-hybridized carbons (Fsp3) is 0.250. The van der Waals surface area contributed by atoms with Gasteiger partial charge in [0.05, 0.1) is 5.60 Å². The lowest BCUT2D eigenvalue weighted by Gasteiger charge is -2.24. The molecule has 2 heteroatoms. The van der Waals surface area contributed by atoms with Gasteiger partial charge in [0.1, 0.15) is 0 Å². The van der Waals surface area contributed by atoms with Crippen molar-refractivity contribution in [3.63, 3.8) is 0 Å². The van der Waals surface area contributed by atoms with Gasteiger partial charge < -0.3 is 5.11 Å². The predicted molar refractivity (Wildman–Crippen MR) is 83.6 cm³/mol. The van der Waals surface area contributed by atoms with Crippen LogP contribution in [0.25, 0.3) is 0 Å². The number of rotatable bonds is 3. The van der Waals surface area contributed by atoms with Crippen molar-refractivity contribution in [2.75, 3.05) is 0 Å². The van der Waals surface area contributed by atoms with Crippen molar-refractivity contribution >= 4 is 22.6 Å². The van der Waals surface area contributed by atoms with Crippen LogP contribution in [-0.2, 0) is 12.0 Å². The molecule has 0 fully saturated rings. The highest BCUT2D eigenvalue weighted by Crippen LogP contribution is 2.26. The number of aryl methyl sites for hydroxylation is 1. The van der Waals surface area contributed by atoms with Crippen LogP contribution in [0.2, 0.25) is 0 Å². The summed E-state index contributed by atoms with van der Waals surface area (Å²) in [6.45, 7) is 3.95. The highest BCUT2D eigenvalue weighted by molar-refractivity contribution is 14.1. The lowest BCUT2D eigenvalue weighted by Crippen LogP contribution is -2.24. The van der Waals surface area contributed by atoms with E-state index in [0.29, 0.717) is 6.42 Å². The molecule has 0 bridgehead atoms. The standard InChI is InChI=1S/C16H17IO/c1-12-4-3-5-13(10-12)11-16(2,18)14-6-8-15(17)9-7-14/h3-10,18H,11H2,1-2H3. The largest absolute Gasteiger partial charge is 0.385 e. The molecule has 18 heavy (non-hydrogen) atoms. The first-order chi connectivity index (χ1) is 8.47. The molecule has 94 valence electrons. The van der Waals surface area contributed by atoms with Crippen LogP contribution in [0.15, 0.2) is 48.5 Å². The normalized spacial score (nSPS) is 14.2. The van der Waals surface area contributed by atoms with Crippen LogP contribution < -0.4 is 0 Å². The Morgan fingerprint density at radius 3 is 2.39 bits per heavy atom. The topological polar surface area (TPSA) is 20.2 Å². The van der Waals surface area contributed by atoms with Crippen molar-refractivity contribution < 1.29 is 5.11 Å². The third kappa shape index (κ3) is 3.33. The van der Waals surface area contributed by atoms with E-state index in [1.807, 2.05) is 37.3 Å². The fourth-order valence-electron chi connectivity index (χ4n) is 2.13. The second-order valence-corrected chi connectivity index (χ2v) is 6.19. The quantitative estimate of drug-likeness (QED) is 0.827. The molecule has 1 N–H and O–H groups in total. The molecular weight excluding hydrogens is 335 g/mol. The minimum absolute atomic E-state index is 0.634. The Labute approximate surface area is 122 Å². The van der Waals surface area contributed by atoms with E-state index in [9.17, 15) is 5.11 Å². The van der Waals surface area contributed by atoms with E-state index in [1.54, 1.807) is 0 Å². The summed E-state index contributed by atoms with van der Waals surface area (Å²) in [6, 6.07) is 16.4. The number of halogens is 1. The summed E-state index contributed by atoms with van der Waals surface area (Å²) in [5, 5.41) is 10.6. The van der Waals surface area contributed by atoms with Crippen LogP contribution in [-0.4, -0.2) is 5.11 Å². The Morgan fingerprint density at radius 1 is 1.11 bits per heavy atom. The minimum Gasteiger partial charge on any atom is -0.385 e. The summed E-state index contributed by atoms with van der Waals surface area (Å²) in [7, 11) is 0. The van der Waals surface area contributed by atoms with E-state index in [-0.39, 0.29) is 0 Å². The van der Waals surface area contributed by atoms with E-state index in [4.69, 9.17) is 0 Å². The Kier molecular flexibility index (Phi) is 4.07. The summed E-state index contributed by atoms with van der Waals surface area (Å²) < 4.78 is 1.18. The highest BCUT2D eigenvalue weighted by atomic mass is 127. The van der Waals surface area contributed by atoms with Crippen molar-refractivity contribution in [2.24, 2.45) is 0 Å². The second-order valence-electron chi connectivity index (χ2n) is 4.95. The smallest absolute Gasteiger partial charge is 0.0908 e. The average Bonchev–Trinajstić information content (AvgIpc) is 2.29. The van der Waals surface area contributed by atoms with Crippen molar-refractivity contribution in [2.45, 2.75) is 25.9 Å². The van der Waals surface area contributed by atoms with Gasteiger partial charge in [0.15, 0.2) is 0 Å². The van der Waals surface area contributed by atoms with Gasteiger partial charge in [-0.25, -0.2) is 0 Å². The zero-order valence-corrected chi connectivity index (χ0v) is 12.8. The van der Waals surface area contributed by atoms with Crippen molar-refractivity contribution in [3.05, 3.63) is 68.8 Å². The van der Waals surface area contributed by atoms with E-state index < -0.39 is 5.60 Å². The number of benzene rings is 2. The molecule has 2 aromatic carbocycles. The summed E-state index contributed by atoms with van der Waals surface area (Å²) in [5.41, 5.74) is 2.53. The summed E-state index contributed by atoms with van der Waals surface area (Å²) >= 11 is 2.27. The second kappa shape index (κ2) is 5.41. The van der Waals surface area contributed by atoms with E-state index in [2.05, 4.69) is 47.7 Å². The van der Waals surface area contributed by atoms with Gasteiger partial charge in [0.25, 0.3) is 0 Å². The molecule has 0 spiro atoms. The van der Waals surface area contributed by atoms with Gasteiger partial charge in [-0.2, -0.15) is 0 Å². The van der Waals surface area contributed by atoms with E-state index in [1.165, 1.54) is 14.7 Å². The van der Waals surface area contributed by atoms with E-state index in [0.717, 1.165) is 5.56 Å². The maximum absolute atomic E-state index is 10.6. The molecule has 0 amide bonds. The van der Waals surface area contributed by atoms with Crippen molar-refractivity contribution in [1.82, 2.24) is 0 Å². The van der Waals surface area contributed by atoms with Crippen molar-refractivity contribution in [1.29, 1.82) is 0 Å². The SMILES string of the molecule is Cc1cccc(CC(C)(O)c2ccc(I)cc2)c1. The van der Waals surface area contributed by atoms with Crippen LogP contribution in [0.3, 0.4) is 0 Å². The highest BCUT2D eigenvalue weighted by Gasteiger charge is 2.23. The third-order valence-electron chi connectivity index (χ3n) is 3.10. The molecule has 0 heterocycles. The first-order valence-corrected chi connectivity index (χ1v) is 7.09. The molecule has 2 aromatic rings. The summed E-state index contributed by atoms with van der Waals surface area (Å²) in [4.78, 5) is 0. The van der Waals surface area contributed by atoms with Gasteiger partial charge in [0, 0.05) is 9.99 Å². The minimum atomic E-state index is -0.821. The Morgan fingerprint density at radius 2 is 1.78 bits per heavy atom. The van der Waals surface area contributed by atoms with Crippen LogP contribution in [0.1, 0.15) is 23.6 Å². The Hall–Kier alpha value is -0.870. The zero-order chi connectivity index (χ0) is 13.2. The maximum atomic E-state index is 10.6. The lowest BCUT2D eigenvalue weighted by molar-refractivity contribution is 0.0576. The number of aliphatic hydroxyl groups is 1. The van der Waals surface area contributed by atoms with Gasteiger partial charge in [-0.05, 0) is 59.7 Å². The van der Waals surface area contributed by atoms with Gasteiger partial charge in [0.2, 0.25) is 0 Å². The monoisotopic (exact) mass is 352 g/mol. The molecule has 0 radical (unpaired) electrons. The molecule has 0 saturated carbocycles. The van der Waals surface area contributed by atoms with Crippen LogP contribution in [0.4, 0.5) is 0 Å². The molecule has 0 aliphatic rings. The predicted octanol–water partition coefficient (Wildman–Crippen LogP) is 4.05. The maximum Gasteiger partial charge on any atom is 0.0908 e. The number of hydrogen-bond acceptors (Lipinski definition) is 1. The first kappa shape index (κ1) is 13.6. The Balaban J connectivity index is 2.23. The van der Waals surface area contributed by atoms with Crippen LogP contribution >= 0.6 is 22.6 Å². The van der Waals surface area contributed by atoms with Crippen molar-refractivity contribution in [3.8, 4) is 0 Å². The lowest BCUT2D eigenvalue weighted by atomic mass is 9.89. The zero-order valence-electron chi connectivity index (χ0n) is 10.7. The molecule has 0 aromatic heterocycles. The fourth-order valence-corrected chi connectivity index (χ4v) is 2.49. The molecule has 1 atom stereocenters. The third-order valence-corrected chi connectivity index (χ3v) is 3.82. The average molecular weight is 352 g/mol. The van der Waals surface area contributed by atoms with Gasteiger partial charge in [-0.3, -0.25) is 0 Å². The molecule has 2 rings (SSSR count). The molecule has 1 nitrogen and oxygen atoms in total. The van der Waals surface area contributed by atoms with Gasteiger partial charge in [-0.15, -0.1) is 0 Å². The Bertz CT molecular complexity index is 529. The van der Waals surface area contributed by atoms with Gasteiger partial charge in [-0.1, -0.05) is 42.0 Å². The molecule has 0 saturated heterocycles. The summed E-state index contributed by atoms with van der Waals surface area (Å²) in [5.74, 6) is 0. The molecule has 0 aliphatic carbocycles. The van der Waals surface area contributed by atoms with E-state index >= 15 is 0 Å². The number of hydrogen-bond donors (Lipinski definition) is 1. The molecular formula is C16H17IO. The van der Waals surface area contributed by atoms with Crippen LogP contribution in [0, 0.1) is 10.5 Å². The first-order valence-electron chi connectivity index (χ1n) is 6.01. The van der Waals surface area contributed by atoms with Gasteiger partial charge >= 0.3 is 0 Å².